The molecule has 0 saturated carbocycles. The van der Waals surface area contributed by atoms with Gasteiger partial charge >= 0.3 is 0 Å². The maximum absolute atomic E-state index is 11.9. The van der Waals surface area contributed by atoms with Gasteiger partial charge in [0.15, 0.2) is 6.61 Å². The van der Waals surface area contributed by atoms with E-state index >= 15 is 0 Å². The number of hydrogen-bond acceptors (Lipinski definition) is 4. The molecule has 0 atom stereocenters. The van der Waals surface area contributed by atoms with Crippen molar-refractivity contribution in [2.75, 3.05) is 25.6 Å². The molecule has 0 aliphatic rings. The first-order chi connectivity index (χ1) is 13.5. The van der Waals surface area contributed by atoms with E-state index in [2.05, 4.69) is 10.5 Å². The predicted octanol–water partition coefficient (Wildman–Crippen LogP) is 3.73. The lowest BCUT2D eigenvalue weighted by molar-refractivity contribution is -0.123. The highest BCUT2D eigenvalue weighted by Gasteiger charge is 2.04. The summed E-state index contributed by atoms with van der Waals surface area (Å²) in [5.41, 5.74) is 5.44. The number of nitrogens with zero attached hydrogens (tertiary/aromatic N) is 3. The highest BCUT2D eigenvalue weighted by Crippen LogP contribution is 2.17. The Morgan fingerprint density at radius 2 is 1.86 bits per heavy atom. The average Bonchev–Trinajstić information content (AvgIpc) is 3.16. The molecule has 2 aromatic carbocycles. The van der Waals surface area contributed by atoms with Gasteiger partial charge in [-0.2, -0.15) is 5.10 Å². The Labute approximate surface area is 169 Å². The van der Waals surface area contributed by atoms with Crippen LogP contribution in [-0.4, -0.2) is 37.4 Å². The summed E-state index contributed by atoms with van der Waals surface area (Å²) in [6, 6.07) is 18.8. The second-order valence-electron chi connectivity index (χ2n) is 6.25. The van der Waals surface area contributed by atoms with E-state index in [0.29, 0.717) is 10.8 Å². The number of ether oxygens (including phenoxy) is 1. The maximum atomic E-state index is 11.9. The number of benzene rings is 2. The molecule has 7 heteroatoms. The van der Waals surface area contributed by atoms with E-state index in [1.807, 2.05) is 66.2 Å². The lowest BCUT2D eigenvalue weighted by Gasteiger charge is -2.13. The first-order valence-corrected chi connectivity index (χ1v) is 9.06. The molecule has 3 aromatic rings. The van der Waals surface area contributed by atoms with Crippen LogP contribution in [0.3, 0.4) is 0 Å². The van der Waals surface area contributed by atoms with Crippen LogP contribution in [0.1, 0.15) is 5.69 Å². The van der Waals surface area contributed by atoms with E-state index in [4.69, 9.17) is 16.3 Å². The smallest absolute Gasteiger partial charge is 0.277 e. The van der Waals surface area contributed by atoms with Crippen LogP contribution >= 0.6 is 11.6 Å². The van der Waals surface area contributed by atoms with Gasteiger partial charge in [-0.3, -0.25) is 4.79 Å². The normalized spacial score (nSPS) is 10.8. The minimum atomic E-state index is -0.348. The third-order valence-electron chi connectivity index (χ3n) is 3.99. The predicted molar refractivity (Wildman–Crippen MR) is 113 cm³/mol. The monoisotopic (exact) mass is 396 g/mol. The van der Waals surface area contributed by atoms with Gasteiger partial charge in [0, 0.05) is 36.7 Å². The first kappa shape index (κ1) is 19.5. The molecule has 6 nitrogen and oxygen atoms in total. The first-order valence-electron chi connectivity index (χ1n) is 8.68. The van der Waals surface area contributed by atoms with Crippen molar-refractivity contribution < 1.29 is 9.53 Å². The summed E-state index contributed by atoms with van der Waals surface area (Å²) in [4.78, 5) is 13.9. The average molecular weight is 397 g/mol. The van der Waals surface area contributed by atoms with E-state index < -0.39 is 0 Å². The quantitative estimate of drug-likeness (QED) is 0.489. The number of nitrogens with one attached hydrogen (secondary N) is 1. The zero-order valence-electron chi connectivity index (χ0n) is 15.7. The van der Waals surface area contributed by atoms with Crippen molar-refractivity contribution in [1.82, 2.24) is 9.99 Å². The van der Waals surface area contributed by atoms with E-state index in [1.165, 1.54) is 0 Å². The number of hydrazone groups is 1. The van der Waals surface area contributed by atoms with Gasteiger partial charge in [0.2, 0.25) is 0 Å². The van der Waals surface area contributed by atoms with Gasteiger partial charge in [-0.25, -0.2) is 5.43 Å². The van der Waals surface area contributed by atoms with Gasteiger partial charge < -0.3 is 14.2 Å². The molecule has 1 amide bonds. The van der Waals surface area contributed by atoms with Crippen LogP contribution in [0.4, 0.5) is 5.69 Å². The van der Waals surface area contributed by atoms with Gasteiger partial charge in [0.25, 0.3) is 5.91 Å². The molecular weight excluding hydrogens is 376 g/mol. The highest BCUT2D eigenvalue weighted by molar-refractivity contribution is 6.30. The lowest BCUT2D eigenvalue weighted by atomic mass is 10.2. The van der Waals surface area contributed by atoms with Crippen molar-refractivity contribution in [2.45, 2.75) is 0 Å². The number of carbonyl (C=O) groups is 1. The van der Waals surface area contributed by atoms with E-state index in [-0.39, 0.29) is 12.5 Å². The minimum Gasteiger partial charge on any atom is -0.484 e. The molecule has 3 rings (SSSR count). The Bertz CT molecular complexity index is 947. The number of rotatable bonds is 7. The maximum Gasteiger partial charge on any atom is 0.277 e. The third-order valence-corrected chi connectivity index (χ3v) is 4.25. The number of halogens is 1. The van der Waals surface area contributed by atoms with Crippen LogP contribution in [0.5, 0.6) is 5.75 Å². The molecule has 144 valence electrons. The molecule has 0 radical (unpaired) electrons. The molecule has 0 aliphatic heterocycles. The summed E-state index contributed by atoms with van der Waals surface area (Å²) >= 11 is 5.81. The number of anilines is 1. The van der Waals surface area contributed by atoms with Crippen molar-refractivity contribution in [1.29, 1.82) is 0 Å². The molecule has 28 heavy (non-hydrogen) atoms. The van der Waals surface area contributed by atoms with E-state index in [0.717, 1.165) is 17.1 Å². The van der Waals surface area contributed by atoms with Crippen LogP contribution in [0.2, 0.25) is 5.02 Å². The molecule has 0 unspecified atom stereocenters. The SMILES string of the molecule is CN(C)c1ccc(-n2cccc2/C=N\NC(=O)COc2ccc(Cl)cc2)cc1. The summed E-state index contributed by atoms with van der Waals surface area (Å²) in [5.74, 6) is 0.221. The molecule has 0 aliphatic carbocycles. The van der Waals surface area contributed by atoms with Crippen LogP contribution in [0, 0.1) is 0 Å². The molecule has 1 heterocycles. The van der Waals surface area contributed by atoms with Crippen LogP contribution < -0.4 is 15.1 Å². The van der Waals surface area contributed by atoms with Crippen molar-refractivity contribution in [2.24, 2.45) is 5.10 Å². The molecule has 0 saturated heterocycles. The van der Waals surface area contributed by atoms with Crippen LogP contribution in [0.25, 0.3) is 5.69 Å². The number of aromatic nitrogens is 1. The fraction of sp³-hybridized carbons (Fsp3) is 0.143. The van der Waals surface area contributed by atoms with Gasteiger partial charge in [-0.05, 0) is 60.7 Å². The number of amides is 1. The minimum absolute atomic E-state index is 0.133. The van der Waals surface area contributed by atoms with Crippen LogP contribution in [0.15, 0.2) is 72.0 Å². The second-order valence-corrected chi connectivity index (χ2v) is 6.69. The molecule has 0 bridgehead atoms. The van der Waals surface area contributed by atoms with Crippen molar-refractivity contribution in [3.63, 3.8) is 0 Å². The summed E-state index contributed by atoms with van der Waals surface area (Å²) in [6.45, 7) is -0.133. The Balaban J connectivity index is 1.57. The molecule has 0 fully saturated rings. The Hall–Kier alpha value is -3.25. The summed E-state index contributed by atoms with van der Waals surface area (Å²) < 4.78 is 7.37. The zero-order chi connectivity index (χ0) is 19.9. The fourth-order valence-corrected chi connectivity index (χ4v) is 2.65. The standard InChI is InChI=1S/C21H21ClN4O2/c1-25(2)17-7-9-18(10-8-17)26-13-3-4-19(26)14-23-24-21(27)15-28-20-11-5-16(22)6-12-20/h3-14H,15H2,1-2H3,(H,24,27)/b23-14-. The van der Waals surface area contributed by atoms with Gasteiger partial charge in [0.1, 0.15) is 5.75 Å². The largest absolute Gasteiger partial charge is 0.484 e. The fourth-order valence-electron chi connectivity index (χ4n) is 2.53. The molecule has 1 N–H and O–H groups in total. The van der Waals surface area contributed by atoms with Crippen molar-refractivity contribution in [3.05, 3.63) is 77.6 Å². The van der Waals surface area contributed by atoms with E-state index in [1.54, 1.807) is 30.5 Å². The number of carbonyl (C=O) groups excluding carboxylic acids is 1. The molecule has 0 spiro atoms. The van der Waals surface area contributed by atoms with Crippen molar-refractivity contribution >= 4 is 29.4 Å². The zero-order valence-corrected chi connectivity index (χ0v) is 16.4. The Kier molecular flexibility index (Phi) is 6.34. The molecule has 1 aromatic heterocycles. The second kappa shape index (κ2) is 9.10. The Morgan fingerprint density at radius 1 is 1.14 bits per heavy atom. The molecular formula is C21H21ClN4O2. The van der Waals surface area contributed by atoms with Crippen molar-refractivity contribution in [3.8, 4) is 11.4 Å². The van der Waals surface area contributed by atoms with Crippen LogP contribution in [-0.2, 0) is 4.79 Å². The Morgan fingerprint density at radius 3 is 2.54 bits per heavy atom. The topological polar surface area (TPSA) is 58.9 Å². The van der Waals surface area contributed by atoms with E-state index in [9.17, 15) is 4.79 Å². The van der Waals surface area contributed by atoms with Gasteiger partial charge in [-0.15, -0.1) is 0 Å². The lowest BCUT2D eigenvalue weighted by Crippen LogP contribution is -2.24. The summed E-state index contributed by atoms with van der Waals surface area (Å²) in [7, 11) is 4.00. The third kappa shape index (κ3) is 5.14. The van der Waals surface area contributed by atoms with Gasteiger partial charge in [0.05, 0.1) is 11.9 Å². The van der Waals surface area contributed by atoms with Gasteiger partial charge in [-0.1, -0.05) is 11.6 Å². The number of hydrogen-bond donors (Lipinski definition) is 1. The highest BCUT2D eigenvalue weighted by atomic mass is 35.5. The summed E-state index contributed by atoms with van der Waals surface area (Å²) in [5, 5.41) is 4.63. The summed E-state index contributed by atoms with van der Waals surface area (Å²) in [6.07, 6.45) is 3.54.